The molecule has 0 amide bonds. The Hall–Kier alpha value is -0.830. The lowest BCUT2D eigenvalue weighted by atomic mass is 10.3. The summed E-state index contributed by atoms with van der Waals surface area (Å²) in [6.07, 6.45) is 3.68. The molecule has 0 atom stereocenters. The molecule has 0 aromatic heterocycles. The van der Waals surface area contributed by atoms with Crippen molar-refractivity contribution >= 4 is 18.6 Å². The number of hydrogen-bond donors (Lipinski definition) is 1. The summed E-state index contributed by atoms with van der Waals surface area (Å²) < 4.78 is 23.9. The van der Waals surface area contributed by atoms with Crippen LogP contribution in [0.1, 0.15) is 39.5 Å². The van der Waals surface area contributed by atoms with Gasteiger partial charge in [-0.3, -0.25) is 4.57 Å². The Morgan fingerprint density at radius 2 is 1.58 bits per heavy atom. The molecule has 0 heterocycles. The van der Waals surface area contributed by atoms with Crippen molar-refractivity contribution in [1.82, 2.24) is 0 Å². The van der Waals surface area contributed by atoms with Gasteiger partial charge in [-0.15, -0.1) is 0 Å². The SMILES string of the molecule is CCCCOP(=O)(OCCCC)c1ccccc1N. The standard InChI is InChI=1S/C14H24NO3P/c1-3-5-11-17-19(16,18-12-6-4-2)14-10-8-7-9-13(14)15/h7-10H,3-6,11-12,15H2,1-2H3. The van der Waals surface area contributed by atoms with E-state index in [4.69, 9.17) is 14.8 Å². The Balaban J connectivity index is 2.84. The van der Waals surface area contributed by atoms with Gasteiger partial charge in [-0.1, -0.05) is 38.8 Å². The summed E-state index contributed by atoms with van der Waals surface area (Å²) in [5.74, 6) is 0. The highest BCUT2D eigenvalue weighted by molar-refractivity contribution is 7.62. The van der Waals surface area contributed by atoms with E-state index in [1.54, 1.807) is 24.3 Å². The van der Waals surface area contributed by atoms with Crippen LogP contribution in [0.25, 0.3) is 0 Å². The van der Waals surface area contributed by atoms with E-state index in [-0.39, 0.29) is 0 Å². The fourth-order valence-electron chi connectivity index (χ4n) is 1.57. The molecule has 0 aliphatic heterocycles. The molecule has 5 heteroatoms. The van der Waals surface area contributed by atoms with Gasteiger partial charge < -0.3 is 14.8 Å². The largest absolute Gasteiger partial charge is 0.398 e. The summed E-state index contributed by atoms with van der Waals surface area (Å²) in [4.78, 5) is 0. The van der Waals surface area contributed by atoms with E-state index in [1.807, 2.05) is 0 Å². The van der Waals surface area contributed by atoms with Crippen LogP contribution in [0, 0.1) is 0 Å². The molecule has 0 bridgehead atoms. The molecule has 19 heavy (non-hydrogen) atoms. The highest BCUT2D eigenvalue weighted by Crippen LogP contribution is 2.48. The zero-order valence-corrected chi connectivity index (χ0v) is 12.7. The summed E-state index contributed by atoms with van der Waals surface area (Å²) >= 11 is 0. The van der Waals surface area contributed by atoms with Crippen LogP contribution in [0.5, 0.6) is 0 Å². The topological polar surface area (TPSA) is 61.5 Å². The summed E-state index contributed by atoms with van der Waals surface area (Å²) in [5.41, 5.74) is 6.34. The number of unbranched alkanes of at least 4 members (excludes halogenated alkanes) is 2. The Labute approximate surface area is 115 Å². The second kappa shape index (κ2) is 8.36. The van der Waals surface area contributed by atoms with Crippen LogP contribution in [-0.4, -0.2) is 13.2 Å². The number of anilines is 1. The van der Waals surface area contributed by atoms with Crippen LogP contribution in [-0.2, 0) is 13.6 Å². The molecule has 1 rings (SSSR count). The molecular weight excluding hydrogens is 261 g/mol. The van der Waals surface area contributed by atoms with Gasteiger partial charge in [0.15, 0.2) is 0 Å². The minimum absolute atomic E-state index is 0.425. The lowest BCUT2D eigenvalue weighted by Crippen LogP contribution is -2.15. The molecule has 4 nitrogen and oxygen atoms in total. The van der Waals surface area contributed by atoms with Gasteiger partial charge in [0.2, 0.25) is 0 Å². The normalized spacial score (nSPS) is 11.7. The van der Waals surface area contributed by atoms with Crippen molar-refractivity contribution < 1.29 is 13.6 Å². The smallest absolute Gasteiger partial charge is 0.363 e. The van der Waals surface area contributed by atoms with Gasteiger partial charge in [0.1, 0.15) is 0 Å². The summed E-state index contributed by atoms with van der Waals surface area (Å²) in [6.45, 7) is 4.97. The van der Waals surface area contributed by atoms with Gasteiger partial charge in [-0.25, -0.2) is 0 Å². The maximum absolute atomic E-state index is 12.9. The molecule has 0 spiro atoms. The number of nitrogen functional groups attached to an aromatic ring is 1. The molecule has 108 valence electrons. The number of para-hydroxylation sites is 1. The summed E-state index contributed by atoms with van der Waals surface area (Å²) in [5, 5.41) is 0.474. The molecule has 0 radical (unpaired) electrons. The Bertz CT molecular complexity index is 409. The van der Waals surface area contributed by atoms with Crippen LogP contribution in [0.15, 0.2) is 24.3 Å². The van der Waals surface area contributed by atoms with Crippen LogP contribution in [0.2, 0.25) is 0 Å². The van der Waals surface area contributed by atoms with Crippen molar-refractivity contribution in [2.45, 2.75) is 39.5 Å². The first-order chi connectivity index (χ1) is 9.14. The number of rotatable bonds is 9. The van der Waals surface area contributed by atoms with Crippen molar-refractivity contribution in [3.63, 3.8) is 0 Å². The van der Waals surface area contributed by atoms with Gasteiger partial charge in [0.05, 0.1) is 18.5 Å². The molecule has 0 saturated heterocycles. The minimum Gasteiger partial charge on any atom is -0.398 e. The average molecular weight is 285 g/mol. The molecule has 0 unspecified atom stereocenters. The van der Waals surface area contributed by atoms with Crippen molar-refractivity contribution in [2.24, 2.45) is 0 Å². The molecule has 1 aromatic rings. The van der Waals surface area contributed by atoms with Crippen LogP contribution < -0.4 is 11.0 Å². The van der Waals surface area contributed by atoms with E-state index in [2.05, 4.69) is 13.8 Å². The van der Waals surface area contributed by atoms with E-state index < -0.39 is 7.60 Å². The minimum atomic E-state index is -3.29. The second-order valence-corrected chi connectivity index (χ2v) is 6.42. The van der Waals surface area contributed by atoms with E-state index in [1.165, 1.54) is 0 Å². The highest BCUT2D eigenvalue weighted by Gasteiger charge is 2.29. The average Bonchev–Trinajstić information content (AvgIpc) is 2.40. The lowest BCUT2D eigenvalue weighted by Gasteiger charge is -2.20. The Morgan fingerprint density at radius 3 is 2.05 bits per heavy atom. The molecule has 0 saturated carbocycles. The molecule has 2 N–H and O–H groups in total. The first-order valence-electron chi connectivity index (χ1n) is 6.88. The van der Waals surface area contributed by atoms with Crippen molar-refractivity contribution in [2.75, 3.05) is 18.9 Å². The third-order valence-electron chi connectivity index (χ3n) is 2.75. The van der Waals surface area contributed by atoms with E-state index >= 15 is 0 Å². The van der Waals surface area contributed by atoms with Crippen LogP contribution in [0.3, 0.4) is 0 Å². The fraction of sp³-hybridized carbons (Fsp3) is 0.571. The van der Waals surface area contributed by atoms with Crippen LogP contribution >= 0.6 is 7.60 Å². The highest BCUT2D eigenvalue weighted by atomic mass is 31.2. The third kappa shape index (κ3) is 4.98. The Morgan fingerprint density at radius 1 is 1.05 bits per heavy atom. The van der Waals surface area contributed by atoms with Gasteiger partial charge in [-0.2, -0.15) is 0 Å². The Kier molecular flexibility index (Phi) is 7.14. The fourth-order valence-corrected chi connectivity index (χ4v) is 3.32. The molecule has 1 aromatic carbocycles. The van der Waals surface area contributed by atoms with Crippen molar-refractivity contribution in [3.05, 3.63) is 24.3 Å². The molecule has 0 aliphatic carbocycles. The maximum atomic E-state index is 12.9. The quantitative estimate of drug-likeness (QED) is 0.427. The first kappa shape index (κ1) is 16.2. The second-order valence-electron chi connectivity index (χ2n) is 4.43. The number of benzene rings is 1. The van der Waals surface area contributed by atoms with Crippen molar-refractivity contribution in [3.8, 4) is 0 Å². The van der Waals surface area contributed by atoms with E-state index in [0.717, 1.165) is 25.7 Å². The first-order valence-corrected chi connectivity index (χ1v) is 8.42. The summed E-state index contributed by atoms with van der Waals surface area (Å²) in [6, 6.07) is 7.04. The maximum Gasteiger partial charge on any atom is 0.363 e. The van der Waals surface area contributed by atoms with E-state index in [0.29, 0.717) is 24.2 Å². The van der Waals surface area contributed by atoms with E-state index in [9.17, 15) is 4.57 Å². The number of nitrogens with two attached hydrogens (primary N) is 1. The third-order valence-corrected chi connectivity index (χ3v) is 4.79. The zero-order valence-electron chi connectivity index (χ0n) is 11.8. The molecular formula is C14H24NO3P. The summed E-state index contributed by atoms with van der Waals surface area (Å²) in [7, 11) is -3.29. The molecule has 0 fully saturated rings. The number of hydrogen-bond acceptors (Lipinski definition) is 4. The predicted octanol–water partition coefficient (Wildman–Crippen LogP) is 3.72. The monoisotopic (exact) mass is 285 g/mol. The van der Waals surface area contributed by atoms with Gasteiger partial charge in [0, 0.05) is 5.69 Å². The zero-order chi connectivity index (χ0) is 14.1. The van der Waals surface area contributed by atoms with Crippen molar-refractivity contribution in [1.29, 1.82) is 0 Å². The lowest BCUT2D eigenvalue weighted by molar-refractivity contribution is 0.209. The molecule has 0 aliphatic rings. The predicted molar refractivity (Wildman–Crippen MR) is 79.8 cm³/mol. The van der Waals surface area contributed by atoms with Gasteiger partial charge in [0.25, 0.3) is 0 Å². The van der Waals surface area contributed by atoms with Crippen LogP contribution in [0.4, 0.5) is 5.69 Å². The van der Waals surface area contributed by atoms with Gasteiger partial charge >= 0.3 is 7.60 Å². The van der Waals surface area contributed by atoms with Gasteiger partial charge in [-0.05, 0) is 25.0 Å².